The molecule has 2 rings (SSSR count). The van der Waals surface area contributed by atoms with E-state index in [0.29, 0.717) is 21.9 Å². The Hall–Kier alpha value is -1.56. The lowest BCUT2D eigenvalue weighted by atomic mass is 10.3. The number of anilines is 1. The molecule has 0 radical (unpaired) electrons. The van der Waals surface area contributed by atoms with Gasteiger partial charge in [-0.05, 0) is 6.26 Å². The molecule has 0 spiro atoms. The van der Waals surface area contributed by atoms with Crippen LogP contribution in [-0.2, 0) is 7.05 Å². The van der Waals surface area contributed by atoms with Gasteiger partial charge in [-0.1, -0.05) is 11.8 Å². The Bertz CT molecular complexity index is 578. The molecule has 0 atom stereocenters. The highest BCUT2D eigenvalue weighted by molar-refractivity contribution is 7.98. The maximum Gasteiger partial charge on any atom is 0.253 e. The summed E-state index contributed by atoms with van der Waals surface area (Å²) in [5.41, 5.74) is 6.54. The van der Waals surface area contributed by atoms with E-state index < -0.39 is 0 Å². The summed E-state index contributed by atoms with van der Waals surface area (Å²) in [6.07, 6.45) is 3.52. The van der Waals surface area contributed by atoms with E-state index in [0.717, 1.165) is 0 Å². The van der Waals surface area contributed by atoms with Crippen LogP contribution in [0.25, 0.3) is 11.0 Å². The third-order valence-electron chi connectivity index (χ3n) is 2.17. The molecule has 0 amide bonds. The van der Waals surface area contributed by atoms with E-state index in [1.54, 1.807) is 13.2 Å². The van der Waals surface area contributed by atoms with Gasteiger partial charge in [-0.2, -0.15) is 0 Å². The van der Waals surface area contributed by atoms with Crippen molar-refractivity contribution >= 4 is 28.5 Å². The monoisotopic (exact) mass is 222 g/mol. The van der Waals surface area contributed by atoms with Crippen LogP contribution in [0.4, 0.5) is 5.69 Å². The molecule has 2 aromatic heterocycles. The Kier molecular flexibility index (Phi) is 2.36. The Balaban J connectivity index is 2.91. The van der Waals surface area contributed by atoms with Crippen LogP contribution in [0.2, 0.25) is 0 Å². The number of pyridine rings is 1. The number of nitrogens with two attached hydrogens (primary N) is 1. The van der Waals surface area contributed by atoms with Gasteiger partial charge in [0, 0.05) is 25.0 Å². The molecular weight excluding hydrogens is 212 g/mol. The Morgan fingerprint density at radius 2 is 2.27 bits per heavy atom. The average molecular weight is 222 g/mol. The zero-order valence-electron chi connectivity index (χ0n) is 8.39. The van der Waals surface area contributed by atoms with Crippen LogP contribution in [0.5, 0.6) is 0 Å². The van der Waals surface area contributed by atoms with Crippen LogP contribution in [0.3, 0.4) is 0 Å². The van der Waals surface area contributed by atoms with Crippen LogP contribution >= 0.6 is 11.8 Å². The van der Waals surface area contributed by atoms with Crippen molar-refractivity contribution in [2.75, 3.05) is 12.0 Å². The summed E-state index contributed by atoms with van der Waals surface area (Å²) in [6, 6.07) is 1.38. The molecule has 5 nitrogen and oxygen atoms in total. The van der Waals surface area contributed by atoms with Gasteiger partial charge >= 0.3 is 0 Å². The minimum Gasteiger partial charge on any atom is -0.398 e. The molecular formula is C9H10N4OS. The summed E-state index contributed by atoms with van der Waals surface area (Å²) in [6.45, 7) is 0. The Morgan fingerprint density at radius 3 is 2.93 bits per heavy atom. The molecule has 0 fully saturated rings. The first kappa shape index (κ1) is 9.97. The minimum absolute atomic E-state index is 0.161. The van der Waals surface area contributed by atoms with Gasteiger partial charge in [-0.25, -0.2) is 9.97 Å². The highest BCUT2D eigenvalue weighted by Crippen LogP contribution is 2.18. The molecule has 0 aliphatic carbocycles. The lowest BCUT2D eigenvalue weighted by Gasteiger charge is -2.06. The maximum absolute atomic E-state index is 11.5. The molecule has 6 heteroatoms. The van der Waals surface area contributed by atoms with Crippen molar-refractivity contribution < 1.29 is 0 Å². The number of fused-ring (bicyclic) bond motifs is 1. The molecule has 0 unspecified atom stereocenters. The fourth-order valence-electron chi connectivity index (χ4n) is 1.33. The van der Waals surface area contributed by atoms with E-state index in [-0.39, 0.29) is 5.56 Å². The number of hydrogen-bond acceptors (Lipinski definition) is 5. The summed E-state index contributed by atoms with van der Waals surface area (Å²) >= 11 is 1.43. The van der Waals surface area contributed by atoms with Crippen LogP contribution in [0.15, 0.2) is 22.2 Å². The van der Waals surface area contributed by atoms with Crippen LogP contribution < -0.4 is 11.3 Å². The number of hydrogen-bond donors (Lipinski definition) is 1. The van der Waals surface area contributed by atoms with E-state index in [9.17, 15) is 4.79 Å². The molecule has 2 heterocycles. The van der Waals surface area contributed by atoms with Gasteiger partial charge in [0.1, 0.15) is 5.65 Å². The molecule has 0 aliphatic rings. The number of aryl methyl sites for hydroxylation is 1. The van der Waals surface area contributed by atoms with E-state index in [4.69, 9.17) is 5.73 Å². The van der Waals surface area contributed by atoms with Crippen molar-refractivity contribution in [3.63, 3.8) is 0 Å². The molecule has 15 heavy (non-hydrogen) atoms. The number of rotatable bonds is 1. The highest BCUT2D eigenvalue weighted by atomic mass is 32.2. The first-order valence-corrected chi connectivity index (χ1v) is 5.52. The zero-order chi connectivity index (χ0) is 11.0. The fraction of sp³-hybridized carbons (Fsp3) is 0.222. The molecule has 0 aromatic carbocycles. The van der Waals surface area contributed by atoms with Gasteiger partial charge in [0.05, 0.1) is 5.39 Å². The van der Waals surface area contributed by atoms with Crippen molar-refractivity contribution in [1.82, 2.24) is 14.5 Å². The predicted molar refractivity (Wildman–Crippen MR) is 61.0 cm³/mol. The van der Waals surface area contributed by atoms with Crippen molar-refractivity contribution in [2.45, 2.75) is 5.16 Å². The molecule has 2 N–H and O–H groups in total. The summed E-state index contributed by atoms with van der Waals surface area (Å²) in [5, 5.41) is 1.33. The molecule has 0 saturated heterocycles. The third kappa shape index (κ3) is 1.56. The SMILES string of the molecule is CSc1ncc2c(N)cc(=O)n(C)c2n1. The van der Waals surface area contributed by atoms with Gasteiger partial charge in [0.15, 0.2) is 5.16 Å². The van der Waals surface area contributed by atoms with Crippen molar-refractivity contribution in [3.8, 4) is 0 Å². The van der Waals surface area contributed by atoms with Gasteiger partial charge in [-0.15, -0.1) is 0 Å². The minimum atomic E-state index is -0.161. The van der Waals surface area contributed by atoms with E-state index in [1.807, 2.05) is 6.26 Å². The predicted octanol–water partition coefficient (Wildman–Crippen LogP) is 0.633. The van der Waals surface area contributed by atoms with Crippen molar-refractivity contribution in [1.29, 1.82) is 0 Å². The quantitative estimate of drug-likeness (QED) is 0.566. The largest absolute Gasteiger partial charge is 0.398 e. The smallest absolute Gasteiger partial charge is 0.253 e. The fourth-order valence-corrected chi connectivity index (χ4v) is 1.66. The molecule has 2 aromatic rings. The highest BCUT2D eigenvalue weighted by Gasteiger charge is 2.06. The van der Waals surface area contributed by atoms with Crippen LogP contribution in [0.1, 0.15) is 0 Å². The summed E-state index contributed by atoms with van der Waals surface area (Å²) in [5.74, 6) is 0. The molecule has 78 valence electrons. The number of aromatic nitrogens is 3. The normalized spacial score (nSPS) is 10.8. The van der Waals surface area contributed by atoms with Gasteiger partial charge in [-0.3, -0.25) is 9.36 Å². The summed E-state index contributed by atoms with van der Waals surface area (Å²) in [4.78, 5) is 19.8. The average Bonchev–Trinajstić information content (AvgIpc) is 2.25. The van der Waals surface area contributed by atoms with E-state index in [1.165, 1.54) is 22.4 Å². The second-order valence-corrected chi connectivity index (χ2v) is 3.86. The number of nitrogen functional groups attached to an aromatic ring is 1. The third-order valence-corrected chi connectivity index (χ3v) is 2.73. The Morgan fingerprint density at radius 1 is 1.53 bits per heavy atom. The Labute approximate surface area is 90.3 Å². The number of nitrogens with zero attached hydrogens (tertiary/aromatic N) is 3. The van der Waals surface area contributed by atoms with Crippen molar-refractivity contribution in [3.05, 3.63) is 22.6 Å². The number of thioether (sulfide) groups is 1. The zero-order valence-corrected chi connectivity index (χ0v) is 9.21. The first-order valence-electron chi connectivity index (χ1n) is 4.29. The molecule has 0 aliphatic heterocycles. The lowest BCUT2D eigenvalue weighted by Crippen LogP contribution is -2.18. The first-order chi connectivity index (χ1) is 7.13. The molecule has 0 saturated carbocycles. The summed E-state index contributed by atoms with van der Waals surface area (Å²) < 4.78 is 1.47. The van der Waals surface area contributed by atoms with E-state index >= 15 is 0 Å². The van der Waals surface area contributed by atoms with E-state index in [2.05, 4.69) is 9.97 Å². The standard InChI is InChI=1S/C9H10N4OS/c1-13-7(14)3-6(10)5-4-11-9(15-2)12-8(5)13/h3-4H,10H2,1-2H3. The van der Waals surface area contributed by atoms with Crippen molar-refractivity contribution in [2.24, 2.45) is 7.05 Å². The van der Waals surface area contributed by atoms with Gasteiger partial charge in [0.2, 0.25) is 0 Å². The maximum atomic E-state index is 11.5. The van der Waals surface area contributed by atoms with Crippen LogP contribution in [-0.4, -0.2) is 20.8 Å². The lowest BCUT2D eigenvalue weighted by molar-refractivity contribution is 0.860. The van der Waals surface area contributed by atoms with Gasteiger partial charge < -0.3 is 5.73 Å². The molecule has 0 bridgehead atoms. The second-order valence-electron chi connectivity index (χ2n) is 3.09. The topological polar surface area (TPSA) is 73.8 Å². The summed E-state index contributed by atoms with van der Waals surface area (Å²) in [7, 11) is 1.67. The van der Waals surface area contributed by atoms with Crippen LogP contribution in [0, 0.1) is 0 Å². The second kappa shape index (κ2) is 3.54. The van der Waals surface area contributed by atoms with Gasteiger partial charge in [0.25, 0.3) is 5.56 Å².